The second kappa shape index (κ2) is 6.11. The van der Waals surface area contributed by atoms with Gasteiger partial charge in [-0.05, 0) is 31.0 Å². The smallest absolute Gasteiger partial charge is 0.263 e. The predicted molar refractivity (Wildman–Crippen MR) is 109 cm³/mol. The molecule has 11 heteroatoms. The highest BCUT2D eigenvalue weighted by Crippen LogP contribution is 2.44. The average molecular weight is 425 g/mol. The normalized spacial score (nSPS) is 25.6. The van der Waals surface area contributed by atoms with Crippen molar-refractivity contribution in [1.29, 1.82) is 0 Å². The topological polar surface area (TPSA) is 113 Å². The van der Waals surface area contributed by atoms with Gasteiger partial charge in [-0.25, -0.2) is 9.20 Å². The lowest BCUT2D eigenvalue weighted by Crippen LogP contribution is -2.50. The summed E-state index contributed by atoms with van der Waals surface area (Å²) in [5.74, 6) is 4.66. The lowest BCUT2D eigenvalue weighted by molar-refractivity contribution is 0.522. The fourth-order valence-corrected chi connectivity index (χ4v) is 6.37. The summed E-state index contributed by atoms with van der Waals surface area (Å²) in [5.41, 5.74) is 6.74. The predicted octanol–water partition coefficient (Wildman–Crippen LogP) is 2.55. The second-order valence-electron chi connectivity index (χ2n) is 6.48. The minimum Gasteiger partial charge on any atom is -0.422 e. The fraction of sp³-hybridized carbons (Fsp3) is 0.250. The Morgan fingerprint density at radius 2 is 2.22 bits per heavy atom. The van der Waals surface area contributed by atoms with Gasteiger partial charge in [-0.3, -0.25) is 4.31 Å². The van der Waals surface area contributed by atoms with Gasteiger partial charge in [-0.15, -0.1) is 21.5 Å². The first-order valence-corrected chi connectivity index (χ1v) is 10.9. The number of thiophene rings is 1. The van der Waals surface area contributed by atoms with E-state index in [1.807, 2.05) is 25.1 Å². The van der Waals surface area contributed by atoms with E-state index in [0.717, 1.165) is 15.4 Å². The molecule has 0 amide bonds. The molecule has 3 aromatic rings. The molecule has 0 fully saturated rings. The third kappa shape index (κ3) is 3.03. The molecule has 0 saturated heterocycles. The lowest BCUT2D eigenvalue weighted by Gasteiger charge is -2.36. The van der Waals surface area contributed by atoms with E-state index in [9.17, 15) is 4.21 Å². The Hall–Kier alpha value is -2.30. The van der Waals surface area contributed by atoms with Gasteiger partial charge in [0.05, 0.1) is 35.9 Å². The molecular weight excluding hydrogens is 408 g/mol. The van der Waals surface area contributed by atoms with Crippen molar-refractivity contribution < 1.29 is 8.63 Å². The number of aromatic amines is 1. The fourth-order valence-electron chi connectivity index (χ4n) is 3.00. The number of halogens is 1. The number of hydrogen-bond donors (Lipinski definition) is 2. The van der Waals surface area contributed by atoms with Crippen LogP contribution in [-0.4, -0.2) is 48.3 Å². The Morgan fingerprint density at radius 1 is 1.48 bits per heavy atom. The summed E-state index contributed by atoms with van der Waals surface area (Å²) in [6.07, 6.45) is 1.27. The summed E-state index contributed by atoms with van der Waals surface area (Å²) in [6.45, 7) is 1.87. The largest absolute Gasteiger partial charge is 0.422 e. The molecule has 142 valence electrons. The monoisotopic (exact) mass is 424 g/mol. The molecule has 0 radical (unpaired) electrons. The number of hydrogen-bond acceptors (Lipinski definition) is 7. The quantitative estimate of drug-likeness (QED) is 0.627. The zero-order valence-electron chi connectivity index (χ0n) is 14.6. The van der Waals surface area contributed by atoms with Gasteiger partial charge in [0.2, 0.25) is 12.4 Å². The van der Waals surface area contributed by atoms with E-state index in [2.05, 4.69) is 26.0 Å². The first-order chi connectivity index (χ1) is 12.7. The number of aliphatic imine (C=N–C) groups is 1. The van der Waals surface area contributed by atoms with Gasteiger partial charge in [0, 0.05) is 7.05 Å². The van der Waals surface area contributed by atoms with Crippen LogP contribution in [0.5, 0.6) is 0 Å². The van der Waals surface area contributed by atoms with Crippen molar-refractivity contribution in [2.24, 2.45) is 10.7 Å². The highest BCUT2D eigenvalue weighted by molar-refractivity contribution is 7.98. The van der Waals surface area contributed by atoms with E-state index < -0.39 is 15.2 Å². The number of guanidine groups is 1. The maximum absolute atomic E-state index is 12.8. The van der Waals surface area contributed by atoms with Crippen molar-refractivity contribution in [3.05, 3.63) is 34.5 Å². The zero-order chi connectivity index (χ0) is 19.4. The molecular formula is C16H17ClN6O2S2. The van der Waals surface area contributed by atoms with Crippen LogP contribution in [-0.2, 0) is 15.2 Å². The number of nitrogens with two attached hydrogens (primary N) is 1. The third-order valence-electron chi connectivity index (χ3n) is 4.41. The molecule has 2 atom stereocenters. The molecule has 4 rings (SSSR count). The van der Waals surface area contributed by atoms with Crippen LogP contribution in [0.1, 0.15) is 11.8 Å². The van der Waals surface area contributed by atoms with E-state index in [4.69, 9.17) is 21.8 Å². The van der Waals surface area contributed by atoms with Crippen molar-refractivity contribution in [2.45, 2.75) is 12.5 Å². The first-order valence-electron chi connectivity index (χ1n) is 7.89. The molecule has 3 aromatic heterocycles. The zero-order valence-corrected chi connectivity index (χ0v) is 17.0. The standard InChI is InChI=1S/C16H17ClN6O2S2/c1-16(7-27(3,24)23(2)15(18)21-16)13-9(17)6-12(26-13)10-4-5-11(20-10)14-22-19-8-25-14/h4-6,8,20H,3,7H2,1-2H3,(H2,18,21)/t16-,27?/m0/s1. The van der Waals surface area contributed by atoms with E-state index in [-0.39, 0.29) is 11.7 Å². The molecule has 27 heavy (non-hydrogen) atoms. The molecule has 8 nitrogen and oxygen atoms in total. The van der Waals surface area contributed by atoms with Gasteiger partial charge < -0.3 is 15.1 Å². The number of nitrogens with zero attached hydrogens (tertiary/aromatic N) is 4. The number of H-pyrrole nitrogens is 1. The number of nitrogens with one attached hydrogen (secondary N) is 1. The molecule has 0 aliphatic carbocycles. The van der Waals surface area contributed by atoms with Gasteiger partial charge in [-0.1, -0.05) is 11.6 Å². The van der Waals surface area contributed by atoms with E-state index in [1.165, 1.54) is 22.0 Å². The molecule has 3 N–H and O–H groups in total. The summed E-state index contributed by atoms with van der Waals surface area (Å²) in [6, 6.07) is 5.61. The van der Waals surface area contributed by atoms with Crippen LogP contribution in [0.3, 0.4) is 0 Å². The molecule has 1 unspecified atom stereocenters. The van der Waals surface area contributed by atoms with Gasteiger partial charge in [0.25, 0.3) is 5.89 Å². The Balaban J connectivity index is 1.74. The Kier molecular flexibility index (Phi) is 4.09. The Bertz CT molecular complexity index is 1130. The molecule has 0 saturated carbocycles. The summed E-state index contributed by atoms with van der Waals surface area (Å²) in [7, 11) is -0.942. The van der Waals surface area contributed by atoms with Crippen molar-refractivity contribution in [3.8, 4) is 22.2 Å². The Labute approximate surface area is 165 Å². The lowest BCUT2D eigenvalue weighted by atomic mass is 10.0. The van der Waals surface area contributed by atoms with Crippen LogP contribution >= 0.6 is 22.9 Å². The average Bonchev–Trinajstić information content (AvgIpc) is 3.31. The van der Waals surface area contributed by atoms with Crippen molar-refractivity contribution >= 4 is 44.5 Å². The highest BCUT2D eigenvalue weighted by Gasteiger charge is 2.39. The summed E-state index contributed by atoms with van der Waals surface area (Å²) in [4.78, 5) is 9.50. The SMILES string of the molecule is C=S1(=O)C[C@@](C)(c2sc(-c3ccc(-c4nnco4)[nH]3)cc2Cl)N=C(N)N1C. The Morgan fingerprint density at radius 3 is 2.89 bits per heavy atom. The van der Waals surface area contributed by atoms with Crippen LogP contribution in [0.4, 0.5) is 0 Å². The first kappa shape index (κ1) is 18.1. The molecule has 0 bridgehead atoms. The summed E-state index contributed by atoms with van der Waals surface area (Å²) >= 11 is 7.99. The van der Waals surface area contributed by atoms with Gasteiger partial charge in [0.1, 0.15) is 11.2 Å². The molecule has 1 aliphatic heterocycles. The van der Waals surface area contributed by atoms with Gasteiger partial charge in [0.15, 0.2) is 0 Å². The molecule has 4 heterocycles. The molecule has 0 spiro atoms. The number of rotatable bonds is 3. The van der Waals surface area contributed by atoms with Crippen LogP contribution in [0.25, 0.3) is 22.2 Å². The highest BCUT2D eigenvalue weighted by atomic mass is 35.5. The van der Waals surface area contributed by atoms with E-state index in [0.29, 0.717) is 16.6 Å². The summed E-state index contributed by atoms with van der Waals surface area (Å²) in [5, 5.41) is 8.11. The molecule has 1 aliphatic rings. The minimum atomic E-state index is -2.57. The van der Waals surface area contributed by atoms with Gasteiger partial charge in [-0.2, -0.15) is 0 Å². The second-order valence-corrected chi connectivity index (χ2v) is 10.3. The third-order valence-corrected chi connectivity index (χ3v) is 8.44. The van der Waals surface area contributed by atoms with Crippen molar-refractivity contribution in [3.63, 3.8) is 0 Å². The van der Waals surface area contributed by atoms with Crippen molar-refractivity contribution in [1.82, 2.24) is 19.5 Å². The van der Waals surface area contributed by atoms with Crippen LogP contribution < -0.4 is 5.73 Å². The summed E-state index contributed by atoms with van der Waals surface area (Å²) < 4.78 is 19.5. The minimum absolute atomic E-state index is 0.188. The van der Waals surface area contributed by atoms with Crippen LogP contribution in [0.2, 0.25) is 5.02 Å². The maximum atomic E-state index is 12.8. The van der Waals surface area contributed by atoms with Gasteiger partial charge >= 0.3 is 0 Å². The van der Waals surface area contributed by atoms with Crippen LogP contribution in [0.15, 0.2) is 34.0 Å². The maximum Gasteiger partial charge on any atom is 0.263 e. The van der Waals surface area contributed by atoms with Crippen LogP contribution in [0, 0.1) is 0 Å². The van der Waals surface area contributed by atoms with E-state index in [1.54, 1.807) is 7.05 Å². The number of aromatic nitrogens is 3. The molecule has 0 aromatic carbocycles. The van der Waals surface area contributed by atoms with Crippen molar-refractivity contribution in [2.75, 3.05) is 12.8 Å². The van der Waals surface area contributed by atoms with E-state index >= 15 is 0 Å².